The molecule has 2 unspecified atom stereocenters. The lowest BCUT2D eigenvalue weighted by Crippen LogP contribution is -2.27. The van der Waals surface area contributed by atoms with Gasteiger partial charge in [-0.25, -0.2) is 9.37 Å². The second-order valence-electron chi connectivity index (χ2n) is 7.89. The molecule has 1 aliphatic carbocycles. The number of nitrogens with zero attached hydrogens (tertiary/aromatic N) is 2. The number of likely N-dealkylation sites (tertiary alicyclic amines) is 1. The number of imidazole rings is 1. The van der Waals surface area contributed by atoms with Gasteiger partial charge in [0.1, 0.15) is 11.6 Å². The van der Waals surface area contributed by atoms with E-state index < -0.39 is 0 Å². The summed E-state index contributed by atoms with van der Waals surface area (Å²) in [6, 6.07) is 11.4. The van der Waals surface area contributed by atoms with Gasteiger partial charge in [-0.3, -0.25) is 4.90 Å². The number of hydrogen-bond acceptors (Lipinski definition) is 3. The molecule has 0 radical (unpaired) electrons. The summed E-state index contributed by atoms with van der Waals surface area (Å²) < 4.78 is 19.4. The van der Waals surface area contributed by atoms with Crippen LogP contribution in [0.2, 0.25) is 0 Å². The average Bonchev–Trinajstić information content (AvgIpc) is 2.96. The number of fused-ring (bicyclic) bond motifs is 2. The molecule has 0 amide bonds. The molecule has 1 saturated heterocycles. The lowest BCUT2D eigenvalue weighted by atomic mass is 10.1. The minimum Gasteiger partial charge on any atom is -0.493 e. The number of nitrogens with one attached hydrogen (secondary N) is 1. The molecule has 26 heavy (non-hydrogen) atoms. The highest BCUT2D eigenvalue weighted by Gasteiger charge is 2.60. The first kappa shape index (κ1) is 15.8. The summed E-state index contributed by atoms with van der Waals surface area (Å²) in [5.74, 6) is 1.31. The molecule has 134 valence electrons. The molecule has 5 heteroatoms. The molecule has 2 atom stereocenters. The fraction of sp³-hybridized carbons (Fsp3) is 0.381. The predicted molar refractivity (Wildman–Crippen MR) is 98.5 cm³/mol. The second kappa shape index (κ2) is 5.81. The zero-order valence-electron chi connectivity index (χ0n) is 14.8. The largest absolute Gasteiger partial charge is 0.493 e. The standard InChI is InChI=1S/C21H22FN3O/c1-14-6-17(3-4-18(14)22)26-12-21-8-16(21)10-25(11-21)9-15-2-5-19-20(7-15)24-13-23-19/h2-7,13,16H,8-12H2,1H3,(H,23,24). The lowest BCUT2D eigenvalue weighted by molar-refractivity contribution is 0.200. The number of aromatic nitrogens is 2. The van der Waals surface area contributed by atoms with Gasteiger partial charge in [-0.05, 0) is 60.7 Å². The van der Waals surface area contributed by atoms with E-state index >= 15 is 0 Å². The minimum atomic E-state index is -0.180. The monoisotopic (exact) mass is 351 g/mol. The van der Waals surface area contributed by atoms with Gasteiger partial charge in [-0.1, -0.05) is 6.07 Å². The van der Waals surface area contributed by atoms with Gasteiger partial charge >= 0.3 is 0 Å². The third kappa shape index (κ3) is 2.76. The topological polar surface area (TPSA) is 41.1 Å². The highest BCUT2D eigenvalue weighted by molar-refractivity contribution is 5.75. The summed E-state index contributed by atoms with van der Waals surface area (Å²) in [6.45, 7) is 5.65. The van der Waals surface area contributed by atoms with Crippen LogP contribution in [0.15, 0.2) is 42.7 Å². The molecule has 2 aliphatic rings. The van der Waals surface area contributed by atoms with E-state index in [4.69, 9.17) is 4.74 Å². The Labute approximate surface area is 152 Å². The van der Waals surface area contributed by atoms with Crippen molar-refractivity contribution in [3.8, 4) is 5.75 Å². The molecular formula is C21H22FN3O. The number of halogens is 1. The molecule has 1 N–H and O–H groups in total. The highest BCUT2D eigenvalue weighted by atomic mass is 19.1. The number of benzene rings is 2. The Kier molecular flexibility index (Phi) is 3.54. The summed E-state index contributed by atoms with van der Waals surface area (Å²) in [6.07, 6.45) is 2.98. The fourth-order valence-electron chi connectivity index (χ4n) is 4.32. The van der Waals surface area contributed by atoms with Crippen LogP contribution in [-0.4, -0.2) is 34.6 Å². The van der Waals surface area contributed by atoms with Crippen LogP contribution in [0, 0.1) is 24.1 Å². The molecule has 2 fully saturated rings. The first-order valence-electron chi connectivity index (χ1n) is 9.15. The molecule has 1 saturated carbocycles. The van der Waals surface area contributed by atoms with E-state index in [0.29, 0.717) is 5.56 Å². The van der Waals surface area contributed by atoms with Gasteiger partial charge in [0.05, 0.1) is 24.0 Å². The molecule has 0 spiro atoms. The Bertz CT molecular complexity index is 969. The average molecular weight is 351 g/mol. The van der Waals surface area contributed by atoms with Gasteiger partial charge in [-0.15, -0.1) is 0 Å². The van der Waals surface area contributed by atoms with Gasteiger partial charge in [0.25, 0.3) is 0 Å². The zero-order chi connectivity index (χ0) is 17.7. The predicted octanol–water partition coefficient (Wildman–Crippen LogP) is 3.91. The van der Waals surface area contributed by atoms with Crippen molar-refractivity contribution in [1.82, 2.24) is 14.9 Å². The highest BCUT2D eigenvalue weighted by Crippen LogP contribution is 2.58. The smallest absolute Gasteiger partial charge is 0.126 e. The van der Waals surface area contributed by atoms with Crippen LogP contribution < -0.4 is 4.74 Å². The van der Waals surface area contributed by atoms with Crippen molar-refractivity contribution in [1.29, 1.82) is 0 Å². The van der Waals surface area contributed by atoms with Crippen LogP contribution in [0.5, 0.6) is 5.75 Å². The van der Waals surface area contributed by atoms with Gasteiger partial charge < -0.3 is 9.72 Å². The second-order valence-corrected chi connectivity index (χ2v) is 7.89. The Morgan fingerprint density at radius 3 is 3.12 bits per heavy atom. The third-order valence-electron chi connectivity index (χ3n) is 5.92. The van der Waals surface area contributed by atoms with Crippen LogP contribution in [0.3, 0.4) is 0 Å². The maximum absolute atomic E-state index is 13.4. The summed E-state index contributed by atoms with van der Waals surface area (Å²) in [7, 11) is 0. The Hall–Kier alpha value is -2.40. The molecule has 5 rings (SSSR count). The van der Waals surface area contributed by atoms with Crippen molar-refractivity contribution in [2.45, 2.75) is 19.9 Å². The van der Waals surface area contributed by atoms with E-state index in [1.54, 1.807) is 25.4 Å². The molecule has 2 aromatic carbocycles. The summed E-state index contributed by atoms with van der Waals surface area (Å²) in [5.41, 5.74) is 4.33. The lowest BCUT2D eigenvalue weighted by Gasteiger charge is -2.21. The molecule has 0 bridgehead atoms. The van der Waals surface area contributed by atoms with Crippen molar-refractivity contribution in [2.24, 2.45) is 11.3 Å². The van der Waals surface area contributed by atoms with E-state index in [9.17, 15) is 4.39 Å². The maximum Gasteiger partial charge on any atom is 0.126 e. The van der Waals surface area contributed by atoms with Crippen LogP contribution >= 0.6 is 0 Å². The number of rotatable bonds is 5. The van der Waals surface area contributed by atoms with E-state index in [1.807, 2.05) is 0 Å². The molecule has 3 aromatic rings. The van der Waals surface area contributed by atoms with Crippen LogP contribution in [0.25, 0.3) is 11.0 Å². The van der Waals surface area contributed by atoms with Gasteiger partial charge in [0.2, 0.25) is 0 Å². The van der Waals surface area contributed by atoms with Gasteiger partial charge in [0, 0.05) is 25.0 Å². The number of ether oxygens (including phenoxy) is 1. The fourth-order valence-corrected chi connectivity index (χ4v) is 4.32. The van der Waals surface area contributed by atoms with Crippen molar-refractivity contribution in [3.05, 3.63) is 59.7 Å². The SMILES string of the molecule is Cc1cc(OCC23CC2CN(Cc2ccc4nc[nH]c4c2)C3)ccc1F. The van der Waals surface area contributed by atoms with Crippen molar-refractivity contribution < 1.29 is 9.13 Å². The zero-order valence-corrected chi connectivity index (χ0v) is 14.8. The number of piperidine rings is 1. The Morgan fingerprint density at radius 2 is 2.23 bits per heavy atom. The van der Waals surface area contributed by atoms with Crippen molar-refractivity contribution in [3.63, 3.8) is 0 Å². The van der Waals surface area contributed by atoms with Gasteiger partial charge in [0.15, 0.2) is 0 Å². The van der Waals surface area contributed by atoms with Crippen LogP contribution in [0.1, 0.15) is 17.5 Å². The van der Waals surface area contributed by atoms with Crippen LogP contribution in [0.4, 0.5) is 4.39 Å². The summed E-state index contributed by atoms with van der Waals surface area (Å²) in [5, 5.41) is 0. The third-order valence-corrected chi connectivity index (χ3v) is 5.92. The molecule has 2 heterocycles. The number of aryl methyl sites for hydroxylation is 1. The van der Waals surface area contributed by atoms with Crippen molar-refractivity contribution in [2.75, 3.05) is 19.7 Å². The molecule has 1 aromatic heterocycles. The summed E-state index contributed by atoms with van der Waals surface area (Å²) in [4.78, 5) is 9.98. The minimum absolute atomic E-state index is 0.180. The Morgan fingerprint density at radius 1 is 1.31 bits per heavy atom. The maximum atomic E-state index is 13.4. The van der Waals surface area contributed by atoms with E-state index in [0.717, 1.165) is 48.9 Å². The van der Waals surface area contributed by atoms with Crippen molar-refractivity contribution >= 4 is 11.0 Å². The first-order chi connectivity index (χ1) is 12.6. The quantitative estimate of drug-likeness (QED) is 0.758. The Balaban J connectivity index is 1.22. The summed E-state index contributed by atoms with van der Waals surface area (Å²) >= 11 is 0. The number of H-pyrrole nitrogens is 1. The van der Waals surface area contributed by atoms with E-state index in [-0.39, 0.29) is 11.2 Å². The number of hydrogen-bond donors (Lipinski definition) is 1. The van der Waals surface area contributed by atoms with Crippen LogP contribution in [-0.2, 0) is 6.54 Å². The molecular weight excluding hydrogens is 329 g/mol. The van der Waals surface area contributed by atoms with E-state index in [2.05, 4.69) is 33.1 Å². The molecule has 1 aliphatic heterocycles. The molecule has 4 nitrogen and oxygen atoms in total. The van der Waals surface area contributed by atoms with Gasteiger partial charge in [-0.2, -0.15) is 0 Å². The first-order valence-corrected chi connectivity index (χ1v) is 9.15. The normalized spacial score (nSPS) is 24.8. The number of aromatic amines is 1. The van der Waals surface area contributed by atoms with E-state index in [1.165, 1.54) is 18.1 Å².